The third-order valence-corrected chi connectivity index (χ3v) is 3.97. The summed E-state index contributed by atoms with van der Waals surface area (Å²) < 4.78 is 10.8. The van der Waals surface area contributed by atoms with Gasteiger partial charge in [-0.05, 0) is 50.1 Å². The number of hydrogen-bond acceptors (Lipinski definition) is 5. The van der Waals surface area contributed by atoms with Gasteiger partial charge >= 0.3 is 5.63 Å². The maximum absolute atomic E-state index is 12.6. The SMILES string of the molecule is CC(C)Oc1ccc2c(C(=O)NCCc3ccc(O)cc3)cc(=O)oc2c1. The lowest BCUT2D eigenvalue weighted by atomic mass is 10.1. The van der Waals surface area contributed by atoms with E-state index in [4.69, 9.17) is 9.15 Å². The molecule has 0 atom stereocenters. The summed E-state index contributed by atoms with van der Waals surface area (Å²) in [6.45, 7) is 4.20. The highest BCUT2D eigenvalue weighted by atomic mass is 16.5. The molecule has 0 bridgehead atoms. The fourth-order valence-electron chi connectivity index (χ4n) is 2.75. The molecule has 2 aromatic carbocycles. The second-order valence-electron chi connectivity index (χ2n) is 6.48. The number of phenols is 1. The van der Waals surface area contributed by atoms with Gasteiger partial charge in [0.05, 0.1) is 11.7 Å². The fraction of sp³-hybridized carbons (Fsp3) is 0.238. The van der Waals surface area contributed by atoms with E-state index in [1.165, 1.54) is 6.07 Å². The van der Waals surface area contributed by atoms with Gasteiger partial charge in [0.25, 0.3) is 5.91 Å². The van der Waals surface area contributed by atoms with Crippen LogP contribution in [0.4, 0.5) is 0 Å². The number of carbonyl (C=O) groups excluding carboxylic acids is 1. The lowest BCUT2D eigenvalue weighted by Crippen LogP contribution is -2.26. The van der Waals surface area contributed by atoms with Crippen LogP contribution in [-0.2, 0) is 6.42 Å². The van der Waals surface area contributed by atoms with Gasteiger partial charge in [0, 0.05) is 24.1 Å². The van der Waals surface area contributed by atoms with Crippen LogP contribution in [0.15, 0.2) is 57.7 Å². The molecule has 0 spiro atoms. The molecule has 0 saturated heterocycles. The monoisotopic (exact) mass is 367 g/mol. The minimum Gasteiger partial charge on any atom is -0.508 e. The van der Waals surface area contributed by atoms with Crippen LogP contribution < -0.4 is 15.7 Å². The Bertz CT molecular complexity index is 1010. The van der Waals surface area contributed by atoms with E-state index in [2.05, 4.69) is 5.32 Å². The Morgan fingerprint density at radius 1 is 1.15 bits per heavy atom. The average molecular weight is 367 g/mol. The summed E-state index contributed by atoms with van der Waals surface area (Å²) in [6, 6.07) is 13.1. The van der Waals surface area contributed by atoms with Crippen molar-refractivity contribution < 1.29 is 19.1 Å². The quantitative estimate of drug-likeness (QED) is 0.653. The molecule has 140 valence electrons. The van der Waals surface area contributed by atoms with Crippen LogP contribution in [0.2, 0.25) is 0 Å². The number of amides is 1. The highest BCUT2D eigenvalue weighted by Gasteiger charge is 2.14. The third-order valence-electron chi connectivity index (χ3n) is 3.97. The summed E-state index contributed by atoms with van der Waals surface area (Å²) in [5.74, 6) is 0.431. The molecule has 3 rings (SSSR count). The number of phenolic OH excluding ortho intramolecular Hbond substituents is 1. The second-order valence-corrected chi connectivity index (χ2v) is 6.48. The first kappa shape index (κ1) is 18.5. The molecule has 0 aliphatic heterocycles. The van der Waals surface area contributed by atoms with Crippen molar-refractivity contribution in [2.45, 2.75) is 26.4 Å². The first-order valence-corrected chi connectivity index (χ1v) is 8.73. The van der Waals surface area contributed by atoms with Gasteiger partial charge in [-0.25, -0.2) is 4.79 Å². The van der Waals surface area contributed by atoms with E-state index in [0.717, 1.165) is 5.56 Å². The molecule has 0 radical (unpaired) electrons. The molecule has 1 aromatic heterocycles. The summed E-state index contributed by atoms with van der Waals surface area (Å²) >= 11 is 0. The highest BCUT2D eigenvalue weighted by molar-refractivity contribution is 6.05. The van der Waals surface area contributed by atoms with E-state index in [1.54, 1.807) is 42.5 Å². The van der Waals surface area contributed by atoms with Gasteiger partial charge in [-0.3, -0.25) is 4.79 Å². The minimum atomic E-state index is -0.590. The standard InChI is InChI=1S/C21H21NO5/c1-13(2)26-16-7-8-17-18(12-20(24)27-19(17)11-16)21(25)22-10-9-14-3-5-15(23)6-4-14/h3-8,11-13,23H,9-10H2,1-2H3,(H,22,25). The van der Waals surface area contributed by atoms with Crippen LogP contribution >= 0.6 is 0 Å². The third kappa shape index (κ3) is 4.67. The van der Waals surface area contributed by atoms with Crippen molar-refractivity contribution in [1.29, 1.82) is 0 Å². The largest absolute Gasteiger partial charge is 0.508 e. The predicted molar refractivity (Wildman–Crippen MR) is 102 cm³/mol. The summed E-state index contributed by atoms with van der Waals surface area (Å²) in [5, 5.41) is 12.7. The van der Waals surface area contributed by atoms with Crippen LogP contribution in [0.25, 0.3) is 11.0 Å². The van der Waals surface area contributed by atoms with Crippen LogP contribution in [-0.4, -0.2) is 23.7 Å². The maximum Gasteiger partial charge on any atom is 0.337 e. The Kier molecular flexibility index (Phi) is 5.45. The van der Waals surface area contributed by atoms with Gasteiger partial charge in [0.15, 0.2) is 0 Å². The van der Waals surface area contributed by atoms with Crippen LogP contribution in [0, 0.1) is 0 Å². The van der Waals surface area contributed by atoms with Crippen molar-refractivity contribution in [3.8, 4) is 11.5 Å². The predicted octanol–water partition coefficient (Wildman–Crippen LogP) is 3.26. The topological polar surface area (TPSA) is 88.8 Å². The number of carbonyl (C=O) groups is 1. The summed E-state index contributed by atoms with van der Waals surface area (Å²) in [4.78, 5) is 24.4. The molecule has 1 heterocycles. The van der Waals surface area contributed by atoms with Gasteiger partial charge in [-0.1, -0.05) is 12.1 Å². The Hall–Kier alpha value is -3.28. The van der Waals surface area contributed by atoms with E-state index in [9.17, 15) is 14.7 Å². The molecule has 0 unspecified atom stereocenters. The molecular weight excluding hydrogens is 346 g/mol. The molecule has 2 N–H and O–H groups in total. The first-order valence-electron chi connectivity index (χ1n) is 8.73. The highest BCUT2D eigenvalue weighted by Crippen LogP contribution is 2.23. The average Bonchev–Trinajstić information content (AvgIpc) is 2.61. The Balaban J connectivity index is 1.77. The molecule has 0 fully saturated rings. The summed E-state index contributed by atoms with van der Waals surface area (Å²) in [5.41, 5.74) is 0.973. The number of ether oxygens (including phenoxy) is 1. The van der Waals surface area contributed by atoms with Gasteiger partial charge < -0.3 is 19.6 Å². The Morgan fingerprint density at radius 3 is 2.59 bits per heavy atom. The normalized spacial score (nSPS) is 10.9. The molecule has 27 heavy (non-hydrogen) atoms. The lowest BCUT2D eigenvalue weighted by molar-refractivity contribution is 0.0955. The zero-order valence-corrected chi connectivity index (χ0v) is 15.2. The number of fused-ring (bicyclic) bond motifs is 1. The number of hydrogen-bond donors (Lipinski definition) is 2. The van der Waals surface area contributed by atoms with Crippen LogP contribution in [0.5, 0.6) is 11.5 Å². The van der Waals surface area contributed by atoms with Crippen molar-refractivity contribution in [2.75, 3.05) is 6.54 Å². The van der Waals surface area contributed by atoms with E-state index in [-0.39, 0.29) is 23.3 Å². The van der Waals surface area contributed by atoms with Gasteiger partial charge in [0.1, 0.15) is 17.1 Å². The van der Waals surface area contributed by atoms with Gasteiger partial charge in [-0.2, -0.15) is 0 Å². The molecule has 3 aromatic rings. The molecule has 1 amide bonds. The zero-order valence-electron chi connectivity index (χ0n) is 15.2. The van der Waals surface area contributed by atoms with Crippen molar-refractivity contribution in [1.82, 2.24) is 5.32 Å². The smallest absolute Gasteiger partial charge is 0.337 e. The molecule has 6 nitrogen and oxygen atoms in total. The van der Waals surface area contributed by atoms with Crippen molar-refractivity contribution in [3.63, 3.8) is 0 Å². The molecule has 6 heteroatoms. The minimum absolute atomic E-state index is 0.0134. The van der Waals surface area contributed by atoms with Crippen LogP contribution in [0.1, 0.15) is 29.8 Å². The first-order chi connectivity index (χ1) is 12.9. The van der Waals surface area contributed by atoms with E-state index >= 15 is 0 Å². The van der Waals surface area contributed by atoms with Gasteiger partial charge in [-0.15, -0.1) is 0 Å². The summed E-state index contributed by atoms with van der Waals surface area (Å²) in [7, 11) is 0. The maximum atomic E-state index is 12.6. The van der Waals surface area contributed by atoms with Crippen molar-refractivity contribution >= 4 is 16.9 Å². The van der Waals surface area contributed by atoms with Crippen molar-refractivity contribution in [3.05, 3.63) is 70.1 Å². The molecule has 0 aliphatic carbocycles. The fourth-order valence-corrected chi connectivity index (χ4v) is 2.75. The van der Waals surface area contributed by atoms with Crippen molar-refractivity contribution in [2.24, 2.45) is 0 Å². The lowest BCUT2D eigenvalue weighted by Gasteiger charge is -2.11. The van der Waals surface area contributed by atoms with E-state index < -0.39 is 5.63 Å². The number of aromatic hydroxyl groups is 1. The molecule has 0 saturated carbocycles. The van der Waals surface area contributed by atoms with Crippen LogP contribution in [0.3, 0.4) is 0 Å². The van der Waals surface area contributed by atoms with E-state index in [0.29, 0.717) is 29.7 Å². The second kappa shape index (κ2) is 7.95. The van der Waals surface area contributed by atoms with E-state index in [1.807, 2.05) is 13.8 Å². The Morgan fingerprint density at radius 2 is 1.89 bits per heavy atom. The molecule has 0 aliphatic rings. The van der Waals surface area contributed by atoms with Gasteiger partial charge in [0.2, 0.25) is 0 Å². The Labute approximate surface area is 156 Å². The number of benzene rings is 2. The number of rotatable bonds is 6. The summed E-state index contributed by atoms with van der Waals surface area (Å²) in [6.07, 6.45) is 0.596. The number of nitrogens with one attached hydrogen (secondary N) is 1. The molecular formula is C21H21NO5. The zero-order chi connectivity index (χ0) is 19.4.